The fourth-order valence-corrected chi connectivity index (χ4v) is 2.95. The molecule has 0 amide bonds. The number of methoxy groups -OCH3 is 1. The van der Waals surface area contributed by atoms with E-state index < -0.39 is 0 Å². The fraction of sp³-hybridized carbons (Fsp3) is 0.562. The summed E-state index contributed by atoms with van der Waals surface area (Å²) in [4.78, 5) is 14.0. The van der Waals surface area contributed by atoms with Gasteiger partial charge in [0.2, 0.25) is 0 Å². The Morgan fingerprint density at radius 2 is 2.11 bits per heavy atom. The average Bonchev–Trinajstić information content (AvgIpc) is 2.48. The Hall–Kier alpha value is -1.35. The first-order valence-corrected chi connectivity index (χ1v) is 7.10. The quantitative estimate of drug-likeness (QED) is 0.780. The lowest BCUT2D eigenvalue weighted by atomic mass is 9.95. The number of hydrogen-bond acceptors (Lipinski definition) is 3. The molecule has 0 spiro atoms. The van der Waals surface area contributed by atoms with Gasteiger partial charge in [0, 0.05) is 12.1 Å². The van der Waals surface area contributed by atoms with Crippen molar-refractivity contribution in [2.75, 3.05) is 13.7 Å². The molecule has 1 aromatic carbocycles. The number of nitrogens with zero attached hydrogens (tertiary/aromatic N) is 1. The largest absolute Gasteiger partial charge is 0.469 e. The van der Waals surface area contributed by atoms with E-state index in [-0.39, 0.29) is 5.97 Å². The van der Waals surface area contributed by atoms with Gasteiger partial charge in [-0.3, -0.25) is 9.69 Å². The van der Waals surface area contributed by atoms with Crippen molar-refractivity contribution in [3.8, 4) is 0 Å². The summed E-state index contributed by atoms with van der Waals surface area (Å²) < 4.78 is 4.82. The number of benzene rings is 1. The zero-order valence-corrected chi connectivity index (χ0v) is 11.8. The standard InChI is InChI=1S/C16H23NO2/c1-13(14-8-4-3-5-9-14)17-11-7-6-10-15(17)12-16(18)19-2/h3-5,8-9,13,15H,6-7,10-12H2,1-2H3/t13-,15-/m1/s1. The lowest BCUT2D eigenvalue weighted by Crippen LogP contribution is -2.42. The fourth-order valence-electron chi connectivity index (χ4n) is 2.95. The summed E-state index contributed by atoms with van der Waals surface area (Å²) in [5.41, 5.74) is 1.32. The minimum Gasteiger partial charge on any atom is -0.469 e. The third-order valence-corrected chi connectivity index (χ3v) is 4.08. The van der Waals surface area contributed by atoms with Crippen LogP contribution in [0.5, 0.6) is 0 Å². The molecule has 0 unspecified atom stereocenters. The molecule has 1 aliphatic heterocycles. The highest BCUT2D eigenvalue weighted by molar-refractivity contribution is 5.69. The van der Waals surface area contributed by atoms with E-state index >= 15 is 0 Å². The number of esters is 1. The van der Waals surface area contributed by atoms with Crippen LogP contribution >= 0.6 is 0 Å². The number of carbonyl (C=O) groups is 1. The summed E-state index contributed by atoms with van der Waals surface area (Å²) in [6.07, 6.45) is 4.02. The zero-order chi connectivity index (χ0) is 13.7. The highest BCUT2D eigenvalue weighted by atomic mass is 16.5. The van der Waals surface area contributed by atoms with Crippen molar-refractivity contribution < 1.29 is 9.53 Å². The first kappa shape index (κ1) is 14.1. The van der Waals surface area contributed by atoms with Crippen LogP contribution in [0.15, 0.2) is 30.3 Å². The molecule has 0 N–H and O–H groups in total. The molecule has 1 aliphatic rings. The Labute approximate surface area is 115 Å². The first-order valence-electron chi connectivity index (χ1n) is 7.10. The monoisotopic (exact) mass is 261 g/mol. The van der Waals surface area contributed by atoms with E-state index in [0.29, 0.717) is 18.5 Å². The molecule has 0 radical (unpaired) electrons. The van der Waals surface area contributed by atoms with Crippen LogP contribution in [-0.4, -0.2) is 30.6 Å². The predicted molar refractivity (Wildman–Crippen MR) is 75.8 cm³/mol. The van der Waals surface area contributed by atoms with Crippen LogP contribution in [0.3, 0.4) is 0 Å². The number of rotatable bonds is 4. The number of piperidine rings is 1. The van der Waals surface area contributed by atoms with Gasteiger partial charge < -0.3 is 4.74 Å². The smallest absolute Gasteiger partial charge is 0.307 e. The van der Waals surface area contributed by atoms with Gasteiger partial charge in [0.1, 0.15) is 0 Å². The minimum absolute atomic E-state index is 0.0999. The number of carbonyl (C=O) groups excluding carboxylic acids is 1. The predicted octanol–water partition coefficient (Wildman–Crippen LogP) is 3.17. The van der Waals surface area contributed by atoms with Gasteiger partial charge >= 0.3 is 5.97 Å². The molecule has 0 saturated carbocycles. The maximum atomic E-state index is 11.5. The maximum Gasteiger partial charge on any atom is 0.307 e. The molecule has 3 heteroatoms. The molecule has 0 aliphatic carbocycles. The molecule has 19 heavy (non-hydrogen) atoms. The van der Waals surface area contributed by atoms with Crippen molar-refractivity contribution in [1.82, 2.24) is 4.90 Å². The Bertz CT molecular complexity index is 404. The molecular formula is C16H23NO2. The molecule has 1 fully saturated rings. The molecule has 1 aromatic rings. The Morgan fingerprint density at radius 3 is 2.79 bits per heavy atom. The van der Waals surface area contributed by atoms with Gasteiger partial charge in [0.25, 0.3) is 0 Å². The molecule has 1 heterocycles. The third-order valence-electron chi connectivity index (χ3n) is 4.08. The Morgan fingerprint density at radius 1 is 1.37 bits per heavy atom. The molecule has 1 saturated heterocycles. The summed E-state index contributed by atoms with van der Waals surface area (Å²) in [7, 11) is 1.47. The molecule has 2 rings (SSSR count). The van der Waals surface area contributed by atoms with Gasteiger partial charge in [-0.2, -0.15) is 0 Å². The van der Waals surface area contributed by atoms with Gasteiger partial charge in [-0.25, -0.2) is 0 Å². The SMILES string of the molecule is COC(=O)C[C@H]1CCCCN1[C@H](C)c1ccccc1. The van der Waals surface area contributed by atoms with E-state index in [1.807, 2.05) is 6.07 Å². The van der Waals surface area contributed by atoms with Crippen molar-refractivity contribution in [2.45, 2.75) is 44.7 Å². The normalized spacial score (nSPS) is 21.9. The van der Waals surface area contributed by atoms with Crippen molar-refractivity contribution in [3.63, 3.8) is 0 Å². The van der Waals surface area contributed by atoms with Crippen LogP contribution in [0, 0.1) is 0 Å². The van der Waals surface area contributed by atoms with Gasteiger partial charge in [-0.1, -0.05) is 36.8 Å². The van der Waals surface area contributed by atoms with Crippen molar-refractivity contribution >= 4 is 5.97 Å². The van der Waals surface area contributed by atoms with Crippen molar-refractivity contribution in [2.24, 2.45) is 0 Å². The number of likely N-dealkylation sites (tertiary alicyclic amines) is 1. The van der Waals surface area contributed by atoms with Crippen molar-refractivity contribution in [3.05, 3.63) is 35.9 Å². The highest BCUT2D eigenvalue weighted by Gasteiger charge is 2.29. The lowest BCUT2D eigenvalue weighted by Gasteiger charge is -2.39. The highest BCUT2D eigenvalue weighted by Crippen LogP contribution is 2.29. The second-order valence-corrected chi connectivity index (χ2v) is 5.25. The number of hydrogen-bond donors (Lipinski definition) is 0. The van der Waals surface area contributed by atoms with Gasteiger partial charge in [0.05, 0.1) is 13.5 Å². The molecule has 3 nitrogen and oxygen atoms in total. The van der Waals surface area contributed by atoms with E-state index in [0.717, 1.165) is 13.0 Å². The second kappa shape index (κ2) is 6.71. The van der Waals surface area contributed by atoms with Gasteiger partial charge in [0.15, 0.2) is 0 Å². The molecule has 2 atom stereocenters. The van der Waals surface area contributed by atoms with Crippen LogP contribution < -0.4 is 0 Å². The Balaban J connectivity index is 2.08. The minimum atomic E-state index is -0.0999. The van der Waals surface area contributed by atoms with E-state index in [4.69, 9.17) is 4.74 Å². The van der Waals surface area contributed by atoms with Crippen LogP contribution in [0.4, 0.5) is 0 Å². The van der Waals surface area contributed by atoms with E-state index in [1.54, 1.807) is 0 Å². The molecule has 104 valence electrons. The summed E-state index contributed by atoms with van der Waals surface area (Å²) in [5.74, 6) is -0.0999. The van der Waals surface area contributed by atoms with Crippen LogP contribution in [0.25, 0.3) is 0 Å². The molecular weight excluding hydrogens is 238 g/mol. The van der Waals surface area contributed by atoms with E-state index in [9.17, 15) is 4.79 Å². The van der Waals surface area contributed by atoms with Crippen LogP contribution in [0.1, 0.15) is 44.2 Å². The first-order chi connectivity index (χ1) is 9.22. The summed E-state index contributed by atoms with van der Waals surface area (Å²) >= 11 is 0. The molecule has 0 aromatic heterocycles. The third kappa shape index (κ3) is 3.57. The van der Waals surface area contributed by atoms with E-state index in [1.165, 1.54) is 25.5 Å². The summed E-state index contributed by atoms with van der Waals surface area (Å²) in [5, 5.41) is 0. The lowest BCUT2D eigenvalue weighted by molar-refractivity contribution is -0.142. The average molecular weight is 261 g/mol. The van der Waals surface area contributed by atoms with Crippen LogP contribution in [-0.2, 0) is 9.53 Å². The summed E-state index contributed by atoms with van der Waals surface area (Å²) in [6.45, 7) is 3.29. The van der Waals surface area contributed by atoms with Crippen molar-refractivity contribution in [1.29, 1.82) is 0 Å². The zero-order valence-electron chi connectivity index (χ0n) is 11.8. The summed E-state index contributed by atoms with van der Waals surface area (Å²) in [6, 6.07) is 11.2. The molecule has 0 bridgehead atoms. The Kier molecular flexibility index (Phi) is 4.97. The van der Waals surface area contributed by atoms with Crippen LogP contribution in [0.2, 0.25) is 0 Å². The van der Waals surface area contributed by atoms with Gasteiger partial charge in [-0.15, -0.1) is 0 Å². The second-order valence-electron chi connectivity index (χ2n) is 5.25. The van der Waals surface area contributed by atoms with Gasteiger partial charge in [-0.05, 0) is 31.9 Å². The maximum absolute atomic E-state index is 11.5. The topological polar surface area (TPSA) is 29.5 Å². The number of ether oxygens (including phenoxy) is 1. The van der Waals surface area contributed by atoms with E-state index in [2.05, 4.69) is 36.1 Å².